The molecule has 0 spiro atoms. The topological polar surface area (TPSA) is 46.2 Å². The van der Waals surface area contributed by atoms with E-state index in [0.29, 0.717) is 0 Å². The highest BCUT2D eigenvalue weighted by Crippen LogP contribution is 2.18. The molecule has 0 unspecified atom stereocenters. The van der Waals surface area contributed by atoms with Gasteiger partial charge in [-0.05, 0) is 12.0 Å². The minimum absolute atomic E-state index is 0.141. The predicted octanol–water partition coefficient (Wildman–Crippen LogP) is 2.24. The maximum absolute atomic E-state index is 9.89. The summed E-state index contributed by atoms with van der Waals surface area (Å²) in [7, 11) is 0. The van der Waals surface area contributed by atoms with Crippen molar-refractivity contribution in [2.75, 3.05) is 0 Å². The van der Waals surface area contributed by atoms with Gasteiger partial charge in [-0.15, -0.1) is 0 Å². The number of unbranched alkanes of at least 4 members (excludes halogenated alkanes) is 1. The maximum atomic E-state index is 9.89. The highest BCUT2D eigenvalue weighted by atomic mass is 16.3. The molecule has 0 amide bonds. The summed E-state index contributed by atoms with van der Waals surface area (Å²) in [5.74, 6) is 0. The Morgan fingerprint density at radius 1 is 1.29 bits per heavy atom. The lowest BCUT2D eigenvalue weighted by atomic mass is 9.99. The minimum Gasteiger partial charge on any atom is -0.387 e. The number of aliphatic hydroxyl groups excluding tert-OH is 1. The summed E-state index contributed by atoms with van der Waals surface area (Å²) < 4.78 is 0. The summed E-state index contributed by atoms with van der Waals surface area (Å²) in [6.45, 7) is 2.13. The molecule has 0 aromatic heterocycles. The van der Waals surface area contributed by atoms with E-state index in [2.05, 4.69) is 6.92 Å². The molecule has 14 heavy (non-hydrogen) atoms. The van der Waals surface area contributed by atoms with Gasteiger partial charge in [0.05, 0.1) is 6.10 Å². The first-order chi connectivity index (χ1) is 6.75. The van der Waals surface area contributed by atoms with E-state index in [4.69, 9.17) is 5.73 Å². The van der Waals surface area contributed by atoms with Gasteiger partial charge in [-0.1, -0.05) is 50.1 Å². The van der Waals surface area contributed by atoms with Crippen molar-refractivity contribution in [1.82, 2.24) is 0 Å². The van der Waals surface area contributed by atoms with Gasteiger partial charge < -0.3 is 10.8 Å². The second kappa shape index (κ2) is 5.78. The standard InChI is InChI=1S/C12H19NO/c1-2-3-9-11(13)12(14)10-7-5-4-6-8-10/h4-8,11-12,14H,2-3,9,13H2,1H3/t11-,12-/m1/s1. The fourth-order valence-electron chi connectivity index (χ4n) is 1.50. The lowest BCUT2D eigenvalue weighted by Gasteiger charge is -2.18. The van der Waals surface area contributed by atoms with Crippen molar-refractivity contribution in [1.29, 1.82) is 0 Å². The largest absolute Gasteiger partial charge is 0.387 e. The van der Waals surface area contributed by atoms with Crippen LogP contribution < -0.4 is 5.73 Å². The van der Waals surface area contributed by atoms with E-state index in [1.807, 2.05) is 30.3 Å². The van der Waals surface area contributed by atoms with Crippen molar-refractivity contribution in [3.05, 3.63) is 35.9 Å². The van der Waals surface area contributed by atoms with Crippen molar-refractivity contribution in [3.8, 4) is 0 Å². The molecule has 3 N–H and O–H groups in total. The van der Waals surface area contributed by atoms with Crippen molar-refractivity contribution in [2.45, 2.75) is 38.3 Å². The molecule has 0 fully saturated rings. The van der Waals surface area contributed by atoms with Gasteiger partial charge in [-0.25, -0.2) is 0 Å². The highest BCUT2D eigenvalue weighted by Gasteiger charge is 2.15. The molecule has 0 radical (unpaired) electrons. The first-order valence-electron chi connectivity index (χ1n) is 5.24. The Morgan fingerprint density at radius 2 is 1.93 bits per heavy atom. The average Bonchev–Trinajstić information content (AvgIpc) is 2.26. The van der Waals surface area contributed by atoms with Gasteiger partial charge in [0.25, 0.3) is 0 Å². The molecule has 2 nitrogen and oxygen atoms in total. The zero-order valence-electron chi connectivity index (χ0n) is 8.69. The summed E-state index contributed by atoms with van der Waals surface area (Å²) in [6, 6.07) is 9.47. The van der Waals surface area contributed by atoms with Crippen molar-refractivity contribution in [2.24, 2.45) is 5.73 Å². The molecule has 1 aromatic carbocycles. The molecule has 0 aliphatic heterocycles. The average molecular weight is 193 g/mol. The van der Waals surface area contributed by atoms with E-state index in [1.54, 1.807) is 0 Å². The van der Waals surface area contributed by atoms with Crippen LogP contribution in [0.25, 0.3) is 0 Å². The van der Waals surface area contributed by atoms with Gasteiger partial charge in [0.2, 0.25) is 0 Å². The Labute approximate surface area is 85.8 Å². The third-order valence-corrected chi connectivity index (χ3v) is 2.44. The van der Waals surface area contributed by atoms with E-state index in [9.17, 15) is 5.11 Å². The Kier molecular flexibility index (Phi) is 4.63. The van der Waals surface area contributed by atoms with Crippen LogP contribution in [0.2, 0.25) is 0 Å². The molecule has 1 aromatic rings. The molecule has 0 saturated carbocycles. The van der Waals surface area contributed by atoms with E-state index >= 15 is 0 Å². The SMILES string of the molecule is CCCC[C@@H](N)[C@H](O)c1ccccc1. The van der Waals surface area contributed by atoms with Crippen molar-refractivity contribution < 1.29 is 5.11 Å². The number of hydrogen-bond donors (Lipinski definition) is 2. The fourth-order valence-corrected chi connectivity index (χ4v) is 1.50. The molecule has 2 heteroatoms. The second-order valence-corrected chi connectivity index (χ2v) is 3.66. The lowest BCUT2D eigenvalue weighted by molar-refractivity contribution is 0.141. The number of hydrogen-bond acceptors (Lipinski definition) is 2. The normalized spacial score (nSPS) is 15.1. The summed E-state index contributed by atoms with van der Waals surface area (Å²) in [4.78, 5) is 0. The van der Waals surface area contributed by atoms with E-state index in [0.717, 1.165) is 24.8 Å². The highest BCUT2D eigenvalue weighted by molar-refractivity contribution is 5.18. The number of benzene rings is 1. The van der Waals surface area contributed by atoms with Crippen LogP contribution in [0.1, 0.15) is 37.9 Å². The van der Waals surface area contributed by atoms with Crippen LogP contribution in [0.5, 0.6) is 0 Å². The fraction of sp³-hybridized carbons (Fsp3) is 0.500. The number of nitrogens with two attached hydrogens (primary N) is 1. The molecule has 0 aliphatic carbocycles. The quantitative estimate of drug-likeness (QED) is 0.753. The number of aliphatic hydroxyl groups is 1. The first kappa shape index (κ1) is 11.2. The third-order valence-electron chi connectivity index (χ3n) is 2.44. The summed E-state index contributed by atoms with van der Waals surface area (Å²) in [6.07, 6.45) is 2.55. The third kappa shape index (κ3) is 3.13. The van der Waals surface area contributed by atoms with Crippen molar-refractivity contribution >= 4 is 0 Å². The monoisotopic (exact) mass is 193 g/mol. The smallest absolute Gasteiger partial charge is 0.0940 e. The Morgan fingerprint density at radius 3 is 2.50 bits per heavy atom. The van der Waals surface area contributed by atoms with Crippen LogP contribution in [0.15, 0.2) is 30.3 Å². The van der Waals surface area contributed by atoms with Gasteiger partial charge in [0.15, 0.2) is 0 Å². The minimum atomic E-state index is -0.525. The van der Waals surface area contributed by atoms with Crippen LogP contribution in [0.4, 0.5) is 0 Å². The maximum Gasteiger partial charge on any atom is 0.0940 e. The molecule has 0 bridgehead atoms. The number of rotatable bonds is 5. The molecule has 0 heterocycles. The zero-order chi connectivity index (χ0) is 10.4. The second-order valence-electron chi connectivity index (χ2n) is 3.66. The van der Waals surface area contributed by atoms with Gasteiger partial charge in [0.1, 0.15) is 0 Å². The molecule has 0 aliphatic rings. The Hall–Kier alpha value is -0.860. The van der Waals surface area contributed by atoms with Gasteiger partial charge in [0, 0.05) is 6.04 Å². The molecule has 2 atom stereocenters. The van der Waals surface area contributed by atoms with Gasteiger partial charge in [-0.2, -0.15) is 0 Å². The molecule has 78 valence electrons. The summed E-state index contributed by atoms with van der Waals surface area (Å²) >= 11 is 0. The Balaban J connectivity index is 2.52. The summed E-state index contributed by atoms with van der Waals surface area (Å²) in [5, 5.41) is 9.89. The van der Waals surface area contributed by atoms with E-state index in [1.165, 1.54) is 0 Å². The van der Waals surface area contributed by atoms with Crippen LogP contribution in [0.3, 0.4) is 0 Å². The zero-order valence-corrected chi connectivity index (χ0v) is 8.69. The van der Waals surface area contributed by atoms with Crippen LogP contribution in [0, 0.1) is 0 Å². The van der Waals surface area contributed by atoms with Crippen LogP contribution >= 0.6 is 0 Å². The van der Waals surface area contributed by atoms with E-state index < -0.39 is 6.10 Å². The van der Waals surface area contributed by atoms with E-state index in [-0.39, 0.29) is 6.04 Å². The predicted molar refractivity (Wildman–Crippen MR) is 58.9 cm³/mol. The van der Waals surface area contributed by atoms with Gasteiger partial charge >= 0.3 is 0 Å². The molecular weight excluding hydrogens is 174 g/mol. The van der Waals surface area contributed by atoms with Crippen LogP contribution in [-0.4, -0.2) is 11.1 Å². The first-order valence-corrected chi connectivity index (χ1v) is 5.24. The Bertz CT molecular complexity index is 248. The van der Waals surface area contributed by atoms with Crippen LogP contribution in [-0.2, 0) is 0 Å². The summed E-state index contributed by atoms with van der Waals surface area (Å²) in [5.41, 5.74) is 6.80. The lowest BCUT2D eigenvalue weighted by Crippen LogP contribution is -2.28. The van der Waals surface area contributed by atoms with Crippen molar-refractivity contribution in [3.63, 3.8) is 0 Å². The molecular formula is C12H19NO. The molecule has 1 rings (SSSR count). The molecule has 0 saturated heterocycles. The van der Waals surface area contributed by atoms with Gasteiger partial charge in [-0.3, -0.25) is 0 Å².